The molecule has 1 saturated heterocycles. The second-order valence-corrected chi connectivity index (χ2v) is 9.61. The molecule has 1 fully saturated rings. The Labute approximate surface area is 197 Å². The van der Waals surface area contributed by atoms with E-state index in [2.05, 4.69) is 31.2 Å². The highest BCUT2D eigenvalue weighted by molar-refractivity contribution is 5.79. The lowest BCUT2D eigenvalue weighted by atomic mass is 9.92. The second-order valence-electron chi connectivity index (χ2n) is 9.61. The van der Waals surface area contributed by atoms with Gasteiger partial charge >= 0.3 is 6.03 Å². The largest absolute Gasteiger partial charge is 0.376 e. The van der Waals surface area contributed by atoms with E-state index < -0.39 is 23.5 Å². The molecule has 4 rings (SSSR count). The summed E-state index contributed by atoms with van der Waals surface area (Å²) < 4.78 is 46.9. The van der Waals surface area contributed by atoms with Gasteiger partial charge in [0.15, 0.2) is 11.6 Å². The normalized spacial score (nSPS) is 15.4. The van der Waals surface area contributed by atoms with Gasteiger partial charge in [-0.2, -0.15) is 9.78 Å². The average molecular weight is 481 g/mol. The highest BCUT2D eigenvalue weighted by Gasteiger charge is 2.27. The van der Waals surface area contributed by atoms with Crippen molar-refractivity contribution < 1.29 is 27.5 Å². The number of hydrogen-bond donors (Lipinski definition) is 1. The first-order valence-corrected chi connectivity index (χ1v) is 11.3. The molecule has 0 atom stereocenters. The van der Waals surface area contributed by atoms with E-state index in [0.717, 1.165) is 23.8 Å². The maximum absolute atomic E-state index is 14.0. The summed E-state index contributed by atoms with van der Waals surface area (Å²) in [5, 5.41) is 6.48. The zero-order chi connectivity index (χ0) is 25.0. The lowest BCUT2D eigenvalue weighted by Gasteiger charge is -2.22. The number of benzene rings is 1. The zero-order valence-corrected chi connectivity index (χ0v) is 20.0. The van der Waals surface area contributed by atoms with Crippen molar-refractivity contribution >= 4 is 11.9 Å². The monoisotopic (exact) mass is 480 g/mol. The van der Waals surface area contributed by atoms with Gasteiger partial charge in [-0.05, 0) is 24.3 Å². The predicted molar refractivity (Wildman–Crippen MR) is 121 cm³/mol. The molecule has 0 aliphatic carbocycles. The van der Waals surface area contributed by atoms with Crippen LogP contribution in [-0.2, 0) is 22.6 Å². The van der Waals surface area contributed by atoms with Gasteiger partial charge in [0.25, 0.3) is 0 Å². The Bertz CT molecular complexity index is 1060. The SMILES string of the molecule is CC(C)(C)CC(=O)N1CCCC1.CNC(=O)n1nc(-c2cc(F)c(F)cc2F)c2c1CCOC2. The van der Waals surface area contributed by atoms with Crippen molar-refractivity contribution in [3.05, 3.63) is 40.8 Å². The van der Waals surface area contributed by atoms with Crippen LogP contribution in [-0.4, -0.2) is 53.4 Å². The average Bonchev–Trinajstić information content (AvgIpc) is 3.44. The van der Waals surface area contributed by atoms with E-state index in [1.807, 2.05) is 4.90 Å². The molecule has 0 radical (unpaired) electrons. The molecule has 10 heteroatoms. The number of likely N-dealkylation sites (tertiary alicyclic amines) is 1. The van der Waals surface area contributed by atoms with Crippen molar-refractivity contribution in [1.29, 1.82) is 0 Å². The molecule has 1 aromatic heterocycles. The van der Waals surface area contributed by atoms with Crippen LogP contribution in [0.1, 0.15) is 51.3 Å². The molecule has 0 bridgehead atoms. The first kappa shape index (κ1) is 25.7. The van der Waals surface area contributed by atoms with Crippen LogP contribution in [0.5, 0.6) is 0 Å². The third-order valence-corrected chi connectivity index (χ3v) is 5.63. The van der Waals surface area contributed by atoms with Crippen LogP contribution < -0.4 is 5.32 Å². The van der Waals surface area contributed by atoms with Gasteiger partial charge in [0.1, 0.15) is 11.5 Å². The van der Waals surface area contributed by atoms with Crippen molar-refractivity contribution in [2.45, 2.75) is 53.1 Å². The molecule has 1 aromatic carbocycles. The fraction of sp³-hybridized carbons (Fsp3) is 0.542. The van der Waals surface area contributed by atoms with Crippen molar-refractivity contribution in [3.8, 4) is 11.3 Å². The number of ether oxygens (including phenoxy) is 1. The summed E-state index contributed by atoms with van der Waals surface area (Å²) in [6.07, 6.45) is 3.49. The van der Waals surface area contributed by atoms with E-state index in [9.17, 15) is 22.8 Å². The van der Waals surface area contributed by atoms with E-state index >= 15 is 0 Å². The van der Waals surface area contributed by atoms with E-state index in [0.29, 0.717) is 42.7 Å². The molecular formula is C24H31F3N4O3. The summed E-state index contributed by atoms with van der Waals surface area (Å²) >= 11 is 0. The molecule has 7 nitrogen and oxygen atoms in total. The maximum atomic E-state index is 14.0. The molecular weight excluding hydrogens is 449 g/mol. The van der Waals surface area contributed by atoms with Crippen molar-refractivity contribution in [2.75, 3.05) is 26.7 Å². The number of nitrogens with zero attached hydrogens (tertiary/aromatic N) is 3. The molecule has 3 heterocycles. The summed E-state index contributed by atoms with van der Waals surface area (Å²) in [4.78, 5) is 25.4. The minimum absolute atomic E-state index is 0.0784. The standard InChI is InChI=1S/C14H12F3N3O2.C10H19NO/c1-18-14(21)20-12-2-3-22-6-8(12)13(19-20)7-4-10(16)11(17)5-9(7)15;1-10(2,3)8-9(12)11-6-4-5-7-11/h4-5H,2-3,6H2,1H3,(H,18,21);4-8H2,1-3H3. The van der Waals surface area contributed by atoms with E-state index in [4.69, 9.17) is 4.74 Å². The highest BCUT2D eigenvalue weighted by atomic mass is 19.2. The molecule has 1 N–H and O–H groups in total. The Morgan fingerprint density at radius 3 is 2.35 bits per heavy atom. The zero-order valence-electron chi connectivity index (χ0n) is 20.0. The van der Waals surface area contributed by atoms with Gasteiger partial charge in [-0.15, -0.1) is 0 Å². The van der Waals surface area contributed by atoms with Crippen LogP contribution in [0.4, 0.5) is 18.0 Å². The third-order valence-electron chi connectivity index (χ3n) is 5.63. The van der Waals surface area contributed by atoms with E-state index in [1.54, 1.807) is 0 Å². The summed E-state index contributed by atoms with van der Waals surface area (Å²) in [7, 11) is 1.44. The fourth-order valence-electron chi connectivity index (χ4n) is 3.96. The number of amides is 2. The van der Waals surface area contributed by atoms with Crippen LogP contribution in [0.25, 0.3) is 11.3 Å². The van der Waals surface area contributed by atoms with Crippen LogP contribution >= 0.6 is 0 Å². The number of fused-ring (bicyclic) bond motifs is 1. The van der Waals surface area contributed by atoms with Crippen LogP contribution in [0.15, 0.2) is 12.1 Å². The molecule has 2 amide bonds. The Hall–Kier alpha value is -2.88. The van der Waals surface area contributed by atoms with Crippen molar-refractivity contribution in [1.82, 2.24) is 20.0 Å². The number of carbonyl (C=O) groups is 2. The van der Waals surface area contributed by atoms with Gasteiger partial charge < -0.3 is 15.0 Å². The van der Waals surface area contributed by atoms with Gasteiger partial charge in [-0.25, -0.2) is 18.0 Å². The fourth-order valence-corrected chi connectivity index (χ4v) is 3.96. The maximum Gasteiger partial charge on any atom is 0.342 e. The Balaban J connectivity index is 0.000000229. The Morgan fingerprint density at radius 1 is 1.09 bits per heavy atom. The number of halogens is 3. The van der Waals surface area contributed by atoms with Gasteiger partial charge in [-0.1, -0.05) is 20.8 Å². The predicted octanol–water partition coefficient (Wildman–Crippen LogP) is 4.27. The highest BCUT2D eigenvalue weighted by Crippen LogP contribution is 2.32. The number of carbonyl (C=O) groups excluding carboxylic acids is 2. The van der Waals surface area contributed by atoms with Gasteiger partial charge in [0, 0.05) is 50.2 Å². The lowest BCUT2D eigenvalue weighted by Crippen LogP contribution is -2.30. The quantitative estimate of drug-likeness (QED) is 0.652. The summed E-state index contributed by atoms with van der Waals surface area (Å²) in [6, 6.07) is 0.697. The second kappa shape index (κ2) is 10.6. The first-order valence-electron chi connectivity index (χ1n) is 11.3. The molecule has 186 valence electrons. The number of aromatic nitrogens is 2. The Kier molecular flexibility index (Phi) is 8.01. The smallest absolute Gasteiger partial charge is 0.342 e. The van der Waals surface area contributed by atoms with Crippen LogP contribution in [0, 0.1) is 22.9 Å². The molecule has 0 saturated carbocycles. The minimum Gasteiger partial charge on any atom is -0.376 e. The summed E-state index contributed by atoms with van der Waals surface area (Å²) in [6.45, 7) is 8.82. The molecule has 34 heavy (non-hydrogen) atoms. The molecule has 2 aliphatic rings. The summed E-state index contributed by atoms with van der Waals surface area (Å²) in [5.41, 5.74) is 1.09. The molecule has 2 aromatic rings. The van der Waals surface area contributed by atoms with Crippen LogP contribution in [0.2, 0.25) is 0 Å². The van der Waals surface area contributed by atoms with Crippen LogP contribution in [0.3, 0.4) is 0 Å². The van der Waals surface area contributed by atoms with Crippen molar-refractivity contribution in [3.63, 3.8) is 0 Å². The lowest BCUT2D eigenvalue weighted by molar-refractivity contribution is -0.131. The molecule has 0 spiro atoms. The number of hydrogen-bond acceptors (Lipinski definition) is 4. The molecule has 0 unspecified atom stereocenters. The topological polar surface area (TPSA) is 76.5 Å². The summed E-state index contributed by atoms with van der Waals surface area (Å²) in [5.74, 6) is -3.08. The van der Waals surface area contributed by atoms with Crippen molar-refractivity contribution in [2.24, 2.45) is 5.41 Å². The number of nitrogens with one attached hydrogen (secondary N) is 1. The first-order chi connectivity index (χ1) is 16.0. The van der Waals surface area contributed by atoms with Gasteiger partial charge in [-0.3, -0.25) is 4.79 Å². The van der Waals surface area contributed by atoms with Gasteiger partial charge in [0.05, 0.1) is 18.9 Å². The van der Waals surface area contributed by atoms with Gasteiger partial charge in [0.2, 0.25) is 5.91 Å². The number of rotatable bonds is 2. The molecule has 2 aliphatic heterocycles. The third kappa shape index (κ3) is 5.97. The van der Waals surface area contributed by atoms with E-state index in [1.165, 1.54) is 19.9 Å². The van der Waals surface area contributed by atoms with E-state index in [-0.39, 0.29) is 23.3 Å². The Morgan fingerprint density at radius 2 is 1.74 bits per heavy atom. The minimum atomic E-state index is -1.28.